The molecule has 0 aliphatic rings. The van der Waals surface area contributed by atoms with Crippen LogP contribution in [0.4, 0.5) is 24.7 Å². The summed E-state index contributed by atoms with van der Waals surface area (Å²) in [5.74, 6) is -4.84. The third kappa shape index (κ3) is 4.21. The van der Waals surface area contributed by atoms with Gasteiger partial charge in [0.25, 0.3) is 5.91 Å². The van der Waals surface area contributed by atoms with Crippen molar-refractivity contribution in [1.82, 2.24) is 4.98 Å². The van der Waals surface area contributed by atoms with E-state index < -0.39 is 28.9 Å². The molecule has 23 heavy (non-hydrogen) atoms. The number of benzene rings is 1. The fraction of sp³-hybridized carbons (Fsp3) is 0.250. The average Bonchev–Trinajstić information content (AvgIpc) is 2.45. The maximum Gasteiger partial charge on any atom is 0.258 e. The van der Waals surface area contributed by atoms with Crippen LogP contribution in [0.1, 0.15) is 31.1 Å². The summed E-state index contributed by atoms with van der Waals surface area (Å²) in [4.78, 5) is 16.0. The van der Waals surface area contributed by atoms with Gasteiger partial charge in [0, 0.05) is 5.54 Å². The number of nitrogens with one attached hydrogen (secondary N) is 2. The van der Waals surface area contributed by atoms with Gasteiger partial charge in [0.1, 0.15) is 5.82 Å². The number of amides is 1. The van der Waals surface area contributed by atoms with Crippen molar-refractivity contribution in [3.8, 4) is 0 Å². The lowest BCUT2D eigenvalue weighted by Gasteiger charge is -2.21. The molecular weight excluding hydrogens is 307 g/mol. The van der Waals surface area contributed by atoms with Gasteiger partial charge in [0.2, 0.25) is 0 Å². The Morgan fingerprint density at radius 2 is 1.74 bits per heavy atom. The number of aromatic nitrogens is 1. The molecule has 1 heterocycles. The normalized spacial score (nSPS) is 11.2. The lowest BCUT2D eigenvalue weighted by atomic mass is 10.1. The predicted molar refractivity (Wildman–Crippen MR) is 81.9 cm³/mol. The van der Waals surface area contributed by atoms with Crippen molar-refractivity contribution in [1.29, 1.82) is 0 Å². The van der Waals surface area contributed by atoms with Gasteiger partial charge in [-0.2, -0.15) is 0 Å². The van der Waals surface area contributed by atoms with Crippen LogP contribution in [0.2, 0.25) is 0 Å². The molecule has 0 saturated heterocycles. The van der Waals surface area contributed by atoms with Crippen LogP contribution in [-0.4, -0.2) is 16.4 Å². The predicted octanol–water partition coefficient (Wildman–Crippen LogP) is 3.96. The zero-order valence-corrected chi connectivity index (χ0v) is 12.9. The summed E-state index contributed by atoms with van der Waals surface area (Å²) in [6.07, 6.45) is 1.38. The van der Waals surface area contributed by atoms with Gasteiger partial charge in [0.05, 0.1) is 17.4 Å². The minimum atomic E-state index is -1.68. The highest BCUT2D eigenvalue weighted by Crippen LogP contribution is 2.18. The summed E-state index contributed by atoms with van der Waals surface area (Å²) in [6.45, 7) is 5.91. The van der Waals surface area contributed by atoms with Crippen LogP contribution in [0, 0.1) is 17.5 Å². The van der Waals surface area contributed by atoms with Crippen molar-refractivity contribution in [3.05, 3.63) is 53.5 Å². The molecule has 1 aromatic carbocycles. The Labute approximate surface area is 131 Å². The molecular formula is C16H16F3N3O. The molecule has 0 fully saturated rings. The van der Waals surface area contributed by atoms with Gasteiger partial charge in [-0.05, 0) is 45.0 Å². The first-order valence-electron chi connectivity index (χ1n) is 6.86. The topological polar surface area (TPSA) is 54.0 Å². The van der Waals surface area contributed by atoms with Crippen molar-refractivity contribution < 1.29 is 18.0 Å². The zero-order chi connectivity index (χ0) is 17.2. The van der Waals surface area contributed by atoms with Gasteiger partial charge in [-0.25, -0.2) is 18.2 Å². The first kappa shape index (κ1) is 16.8. The number of hydrogen-bond donors (Lipinski definition) is 2. The van der Waals surface area contributed by atoms with Gasteiger partial charge in [-0.1, -0.05) is 0 Å². The second-order valence-corrected chi connectivity index (χ2v) is 5.98. The van der Waals surface area contributed by atoms with E-state index in [1.54, 1.807) is 12.1 Å². The fourth-order valence-electron chi connectivity index (χ4n) is 1.83. The molecule has 0 radical (unpaired) electrons. The summed E-state index contributed by atoms with van der Waals surface area (Å²) >= 11 is 0. The first-order valence-corrected chi connectivity index (χ1v) is 6.86. The molecule has 7 heteroatoms. The Morgan fingerprint density at radius 1 is 1.04 bits per heavy atom. The van der Waals surface area contributed by atoms with E-state index in [2.05, 4.69) is 15.6 Å². The molecule has 2 aromatic rings. The smallest absolute Gasteiger partial charge is 0.258 e. The van der Waals surface area contributed by atoms with Crippen LogP contribution in [0.25, 0.3) is 0 Å². The van der Waals surface area contributed by atoms with E-state index in [0.717, 1.165) is 6.07 Å². The molecule has 1 aromatic heterocycles. The Kier molecular flexibility index (Phi) is 4.58. The minimum absolute atomic E-state index is 0.174. The number of carbonyl (C=O) groups is 1. The lowest BCUT2D eigenvalue weighted by molar-refractivity contribution is 0.102. The summed E-state index contributed by atoms with van der Waals surface area (Å²) in [6, 6.07) is 4.78. The highest BCUT2D eigenvalue weighted by Gasteiger charge is 2.19. The van der Waals surface area contributed by atoms with Crippen molar-refractivity contribution in [3.63, 3.8) is 0 Å². The van der Waals surface area contributed by atoms with Gasteiger partial charge in [-0.15, -0.1) is 0 Å². The second-order valence-electron chi connectivity index (χ2n) is 5.98. The maximum atomic E-state index is 13.6. The van der Waals surface area contributed by atoms with E-state index in [4.69, 9.17) is 0 Å². The van der Waals surface area contributed by atoms with Crippen LogP contribution >= 0.6 is 0 Å². The van der Waals surface area contributed by atoms with Crippen LogP contribution in [0.3, 0.4) is 0 Å². The summed E-state index contributed by atoms with van der Waals surface area (Å²) in [7, 11) is 0. The molecule has 122 valence electrons. The Hall–Kier alpha value is -2.57. The molecule has 0 bridgehead atoms. The minimum Gasteiger partial charge on any atom is -0.365 e. The molecule has 0 saturated carbocycles. The van der Waals surface area contributed by atoms with Crippen LogP contribution in [0.5, 0.6) is 0 Å². The van der Waals surface area contributed by atoms with E-state index in [1.807, 2.05) is 20.8 Å². The maximum absolute atomic E-state index is 13.6. The number of carbonyl (C=O) groups excluding carboxylic acids is 1. The standard InChI is InChI=1S/C16H16F3N3O/c1-16(2,3)22-12-7-4-9(8-20-12)21-15(23)10-5-6-11(17)14(19)13(10)18/h4-8H,1-3H3,(H,20,22)(H,21,23). The number of pyridine rings is 1. The molecule has 4 nitrogen and oxygen atoms in total. The number of rotatable bonds is 3. The first-order chi connectivity index (χ1) is 10.7. The molecule has 2 N–H and O–H groups in total. The third-order valence-corrected chi connectivity index (χ3v) is 2.80. The quantitative estimate of drug-likeness (QED) is 0.841. The van der Waals surface area contributed by atoms with Crippen LogP contribution < -0.4 is 10.6 Å². The summed E-state index contributed by atoms with van der Waals surface area (Å²) in [5, 5.41) is 5.52. The second kappa shape index (κ2) is 6.28. The summed E-state index contributed by atoms with van der Waals surface area (Å²) < 4.78 is 39.6. The fourth-order valence-corrected chi connectivity index (χ4v) is 1.83. The SMILES string of the molecule is CC(C)(C)Nc1ccc(NC(=O)c2ccc(F)c(F)c2F)cn1. The highest BCUT2D eigenvalue weighted by atomic mass is 19.2. The molecule has 0 atom stereocenters. The van der Waals surface area contributed by atoms with Gasteiger partial charge >= 0.3 is 0 Å². The van der Waals surface area contributed by atoms with E-state index in [1.165, 1.54) is 6.20 Å². The van der Waals surface area contributed by atoms with E-state index >= 15 is 0 Å². The van der Waals surface area contributed by atoms with Crippen LogP contribution in [-0.2, 0) is 0 Å². The zero-order valence-electron chi connectivity index (χ0n) is 12.9. The number of halogens is 3. The number of hydrogen-bond acceptors (Lipinski definition) is 3. The Morgan fingerprint density at radius 3 is 2.30 bits per heavy atom. The van der Waals surface area contributed by atoms with E-state index in [-0.39, 0.29) is 5.54 Å². The third-order valence-electron chi connectivity index (χ3n) is 2.80. The molecule has 2 rings (SSSR count). The molecule has 1 amide bonds. The van der Waals surface area contributed by atoms with E-state index in [9.17, 15) is 18.0 Å². The van der Waals surface area contributed by atoms with Crippen molar-refractivity contribution in [2.75, 3.05) is 10.6 Å². The van der Waals surface area contributed by atoms with Gasteiger partial charge in [-0.3, -0.25) is 4.79 Å². The Bertz CT molecular complexity index is 725. The molecule has 0 unspecified atom stereocenters. The molecule has 0 aliphatic carbocycles. The Balaban J connectivity index is 2.13. The van der Waals surface area contributed by atoms with Gasteiger partial charge < -0.3 is 10.6 Å². The average molecular weight is 323 g/mol. The molecule has 0 spiro atoms. The molecule has 0 aliphatic heterocycles. The van der Waals surface area contributed by atoms with Crippen molar-refractivity contribution in [2.45, 2.75) is 26.3 Å². The lowest BCUT2D eigenvalue weighted by Crippen LogP contribution is -2.26. The number of nitrogens with zero attached hydrogens (tertiary/aromatic N) is 1. The number of anilines is 2. The van der Waals surface area contributed by atoms with Crippen molar-refractivity contribution >= 4 is 17.4 Å². The summed E-state index contributed by atoms with van der Waals surface area (Å²) in [5.41, 5.74) is -0.452. The van der Waals surface area contributed by atoms with Crippen LogP contribution in [0.15, 0.2) is 30.5 Å². The van der Waals surface area contributed by atoms with Gasteiger partial charge in [0.15, 0.2) is 17.5 Å². The monoisotopic (exact) mass is 323 g/mol. The highest BCUT2D eigenvalue weighted by molar-refractivity contribution is 6.04. The van der Waals surface area contributed by atoms with Crippen molar-refractivity contribution in [2.24, 2.45) is 0 Å². The largest absolute Gasteiger partial charge is 0.365 e. The van der Waals surface area contributed by atoms with E-state index in [0.29, 0.717) is 17.6 Å².